The van der Waals surface area contributed by atoms with E-state index in [4.69, 9.17) is 10.2 Å². The van der Waals surface area contributed by atoms with Crippen molar-refractivity contribution in [3.8, 4) is 0 Å². The lowest BCUT2D eigenvalue weighted by Crippen LogP contribution is -2.10. The quantitative estimate of drug-likeness (QED) is 0.665. The van der Waals surface area contributed by atoms with Gasteiger partial charge in [0.2, 0.25) is 0 Å². The lowest BCUT2D eigenvalue weighted by molar-refractivity contribution is -0.142. The summed E-state index contributed by atoms with van der Waals surface area (Å²) in [5.41, 5.74) is 0. The van der Waals surface area contributed by atoms with E-state index in [1.54, 1.807) is 0 Å². The monoisotopic (exact) mass is 172 g/mol. The van der Waals surface area contributed by atoms with E-state index >= 15 is 0 Å². The number of hydrogen-bond donors (Lipinski definition) is 2. The zero-order valence-electron chi connectivity index (χ0n) is 6.69. The van der Waals surface area contributed by atoms with Gasteiger partial charge in [-0.2, -0.15) is 0 Å². The molecule has 0 unspecified atom stereocenters. The van der Waals surface area contributed by atoms with Crippen LogP contribution >= 0.6 is 0 Å². The van der Waals surface area contributed by atoms with Gasteiger partial charge in [0, 0.05) is 6.42 Å². The summed E-state index contributed by atoms with van der Waals surface area (Å²) in [6, 6.07) is 0. The maximum absolute atomic E-state index is 10.5. The predicted molar refractivity (Wildman–Crippen MR) is 40.7 cm³/mol. The van der Waals surface area contributed by atoms with Crippen LogP contribution in [0, 0.1) is 11.8 Å². The molecule has 0 saturated heterocycles. The fourth-order valence-electron chi connectivity index (χ4n) is 1.73. The van der Waals surface area contributed by atoms with E-state index < -0.39 is 11.9 Å². The molecule has 0 aromatic rings. The van der Waals surface area contributed by atoms with Crippen molar-refractivity contribution < 1.29 is 19.8 Å². The minimum atomic E-state index is -0.828. The Morgan fingerprint density at radius 1 is 1.25 bits per heavy atom. The number of aliphatic carboxylic acids is 2. The third kappa shape index (κ3) is 2.22. The van der Waals surface area contributed by atoms with Gasteiger partial charge in [0.1, 0.15) is 0 Å². The molecule has 68 valence electrons. The van der Waals surface area contributed by atoms with E-state index in [1.165, 1.54) is 0 Å². The van der Waals surface area contributed by atoms with Crippen LogP contribution in [0.2, 0.25) is 0 Å². The van der Waals surface area contributed by atoms with Crippen LogP contribution in [0.1, 0.15) is 25.7 Å². The molecular formula is C8H12O4. The van der Waals surface area contributed by atoms with Crippen molar-refractivity contribution in [1.29, 1.82) is 0 Å². The van der Waals surface area contributed by atoms with Crippen LogP contribution in [0.3, 0.4) is 0 Å². The zero-order chi connectivity index (χ0) is 9.14. The van der Waals surface area contributed by atoms with Crippen LogP contribution in [0.4, 0.5) is 0 Å². The molecule has 2 N–H and O–H groups in total. The lowest BCUT2D eigenvalue weighted by Gasteiger charge is -2.04. The van der Waals surface area contributed by atoms with Crippen molar-refractivity contribution in [2.75, 3.05) is 0 Å². The smallest absolute Gasteiger partial charge is 0.306 e. The van der Waals surface area contributed by atoms with Crippen molar-refractivity contribution in [2.24, 2.45) is 11.8 Å². The van der Waals surface area contributed by atoms with E-state index in [9.17, 15) is 9.59 Å². The minimum Gasteiger partial charge on any atom is -0.481 e. The van der Waals surface area contributed by atoms with Gasteiger partial charge in [0.25, 0.3) is 0 Å². The molecule has 0 heterocycles. The first-order chi connectivity index (χ1) is 5.59. The molecule has 0 radical (unpaired) electrons. The van der Waals surface area contributed by atoms with Crippen LogP contribution in [0.25, 0.3) is 0 Å². The van der Waals surface area contributed by atoms with E-state index in [0.717, 1.165) is 6.42 Å². The highest BCUT2D eigenvalue weighted by atomic mass is 16.4. The van der Waals surface area contributed by atoms with Gasteiger partial charge in [0.15, 0.2) is 0 Å². The summed E-state index contributed by atoms with van der Waals surface area (Å²) in [5, 5.41) is 17.1. The van der Waals surface area contributed by atoms with E-state index in [-0.39, 0.29) is 18.3 Å². The van der Waals surface area contributed by atoms with Gasteiger partial charge in [-0.05, 0) is 25.2 Å². The third-order valence-corrected chi connectivity index (χ3v) is 2.35. The number of hydrogen-bond acceptors (Lipinski definition) is 2. The molecule has 12 heavy (non-hydrogen) atoms. The fourth-order valence-corrected chi connectivity index (χ4v) is 1.73. The van der Waals surface area contributed by atoms with Crippen molar-refractivity contribution in [3.05, 3.63) is 0 Å². The fraction of sp³-hybridized carbons (Fsp3) is 0.750. The summed E-state index contributed by atoms with van der Waals surface area (Å²) in [5.74, 6) is -1.85. The largest absolute Gasteiger partial charge is 0.481 e. The molecule has 0 aromatic carbocycles. The molecule has 4 heteroatoms. The van der Waals surface area contributed by atoms with Crippen LogP contribution < -0.4 is 0 Å². The molecule has 1 aliphatic carbocycles. The molecule has 1 saturated carbocycles. The highest BCUT2D eigenvalue weighted by Crippen LogP contribution is 2.32. The number of carbonyl (C=O) groups is 2. The minimum absolute atomic E-state index is 0.0728. The van der Waals surface area contributed by atoms with Gasteiger partial charge >= 0.3 is 11.9 Å². The first-order valence-corrected chi connectivity index (χ1v) is 4.04. The Morgan fingerprint density at radius 3 is 2.33 bits per heavy atom. The highest BCUT2D eigenvalue weighted by molar-refractivity contribution is 5.71. The maximum Gasteiger partial charge on any atom is 0.306 e. The van der Waals surface area contributed by atoms with Crippen molar-refractivity contribution in [3.63, 3.8) is 0 Å². The third-order valence-electron chi connectivity index (χ3n) is 2.35. The lowest BCUT2D eigenvalue weighted by atomic mass is 10.0. The highest BCUT2D eigenvalue weighted by Gasteiger charge is 2.30. The first kappa shape index (κ1) is 9.03. The van der Waals surface area contributed by atoms with E-state index in [1.807, 2.05) is 0 Å². The van der Waals surface area contributed by atoms with Gasteiger partial charge < -0.3 is 10.2 Å². The summed E-state index contributed by atoms with van der Waals surface area (Å²) in [7, 11) is 0. The predicted octanol–water partition coefficient (Wildman–Crippen LogP) is 0.962. The number of carboxylic acid groups (broad SMARTS) is 2. The number of rotatable bonds is 3. The Kier molecular flexibility index (Phi) is 2.68. The SMILES string of the molecule is O=C(O)C[C@@H]1CC[C@H](C(=O)O)C1. The summed E-state index contributed by atoms with van der Waals surface area (Å²) in [6.07, 6.45) is 2.02. The average molecular weight is 172 g/mol. The Labute approximate surface area is 70.2 Å². The van der Waals surface area contributed by atoms with Gasteiger partial charge in [-0.1, -0.05) is 0 Å². The molecular weight excluding hydrogens is 160 g/mol. The summed E-state index contributed by atoms with van der Waals surface area (Å²) < 4.78 is 0. The topological polar surface area (TPSA) is 74.6 Å². The maximum atomic E-state index is 10.5. The normalized spacial score (nSPS) is 28.7. The van der Waals surface area contributed by atoms with Crippen molar-refractivity contribution in [2.45, 2.75) is 25.7 Å². The van der Waals surface area contributed by atoms with Crippen LogP contribution in [0.5, 0.6) is 0 Å². The molecule has 0 bridgehead atoms. The second-order valence-corrected chi connectivity index (χ2v) is 3.31. The first-order valence-electron chi connectivity index (χ1n) is 4.04. The zero-order valence-corrected chi connectivity index (χ0v) is 6.69. The molecule has 1 aliphatic rings. The summed E-state index contributed by atoms with van der Waals surface area (Å²) in [6.45, 7) is 0. The van der Waals surface area contributed by atoms with Gasteiger partial charge in [-0.25, -0.2) is 0 Å². The van der Waals surface area contributed by atoms with E-state index in [2.05, 4.69) is 0 Å². The molecule has 4 nitrogen and oxygen atoms in total. The summed E-state index contributed by atoms with van der Waals surface area (Å²) >= 11 is 0. The Hall–Kier alpha value is -1.06. The Balaban J connectivity index is 2.35. The molecule has 1 rings (SSSR count). The average Bonchev–Trinajstić information content (AvgIpc) is 2.34. The molecule has 2 atom stereocenters. The van der Waals surface area contributed by atoms with Crippen LogP contribution in [0.15, 0.2) is 0 Å². The van der Waals surface area contributed by atoms with Crippen LogP contribution in [-0.4, -0.2) is 22.2 Å². The molecule has 0 amide bonds. The molecule has 0 aliphatic heterocycles. The van der Waals surface area contributed by atoms with Crippen LogP contribution in [-0.2, 0) is 9.59 Å². The molecule has 1 fully saturated rings. The second kappa shape index (κ2) is 3.56. The molecule has 0 aromatic heterocycles. The Morgan fingerprint density at radius 2 is 1.92 bits per heavy atom. The number of carboxylic acids is 2. The van der Waals surface area contributed by atoms with Gasteiger partial charge in [-0.15, -0.1) is 0 Å². The second-order valence-electron chi connectivity index (χ2n) is 3.31. The van der Waals surface area contributed by atoms with Gasteiger partial charge in [0.05, 0.1) is 5.92 Å². The van der Waals surface area contributed by atoms with Gasteiger partial charge in [-0.3, -0.25) is 9.59 Å². The van der Waals surface area contributed by atoms with E-state index in [0.29, 0.717) is 12.8 Å². The Bertz CT molecular complexity index is 199. The van der Waals surface area contributed by atoms with Crippen molar-refractivity contribution >= 4 is 11.9 Å². The summed E-state index contributed by atoms with van der Waals surface area (Å²) in [4.78, 5) is 20.8. The standard InChI is InChI=1S/C8H12O4/c9-7(10)4-5-1-2-6(3-5)8(11)12/h5-6H,1-4H2,(H,9,10)(H,11,12)/t5-,6+/m1/s1. The molecule has 0 spiro atoms. The van der Waals surface area contributed by atoms with Crippen molar-refractivity contribution in [1.82, 2.24) is 0 Å².